The zero-order valence-corrected chi connectivity index (χ0v) is 15.4. The average Bonchev–Trinajstić information content (AvgIpc) is 2.50. The molecule has 24 heavy (non-hydrogen) atoms. The summed E-state index contributed by atoms with van der Waals surface area (Å²) in [6.45, 7) is 6.69. The molecule has 0 radical (unpaired) electrons. The maximum atomic E-state index is 12.9. The Hall–Kier alpha value is -1.73. The van der Waals surface area contributed by atoms with Crippen molar-refractivity contribution in [2.75, 3.05) is 6.26 Å². The Kier molecular flexibility index (Phi) is 6.30. The van der Waals surface area contributed by atoms with Crippen molar-refractivity contribution in [3.63, 3.8) is 0 Å². The molecule has 2 atom stereocenters. The van der Waals surface area contributed by atoms with E-state index in [-0.39, 0.29) is 23.0 Å². The molecule has 0 aliphatic heterocycles. The number of Topliss-reactive ketones (excluding diaryl/α,β-unsaturated/α-hetero) is 1. The van der Waals surface area contributed by atoms with E-state index in [0.717, 1.165) is 6.26 Å². The molecule has 0 saturated carbocycles. The van der Waals surface area contributed by atoms with E-state index in [9.17, 15) is 23.1 Å². The SMILES string of the molecule is CCC(C)(C(=O)c1ccc(S(C)(=O)=O)cc1)C(OC(C)C)C(=O)O. The highest BCUT2D eigenvalue weighted by Crippen LogP contribution is 2.34. The van der Waals surface area contributed by atoms with Gasteiger partial charge in [0.2, 0.25) is 0 Å². The van der Waals surface area contributed by atoms with Crippen LogP contribution >= 0.6 is 0 Å². The summed E-state index contributed by atoms with van der Waals surface area (Å²) in [5, 5.41) is 9.48. The minimum Gasteiger partial charge on any atom is -0.479 e. The van der Waals surface area contributed by atoms with Crippen molar-refractivity contribution in [1.82, 2.24) is 0 Å². The summed E-state index contributed by atoms with van der Waals surface area (Å²) in [4.78, 5) is 24.6. The Labute approximate surface area is 142 Å². The van der Waals surface area contributed by atoms with Gasteiger partial charge in [-0.05, 0) is 39.3 Å². The second-order valence-electron chi connectivity index (χ2n) is 6.30. The van der Waals surface area contributed by atoms with E-state index in [4.69, 9.17) is 4.74 Å². The molecule has 0 saturated heterocycles. The standard InChI is InChI=1S/C17H24O6S/c1-6-17(4,15(16(19)20)23-11(2)3)14(18)12-7-9-13(10-8-12)24(5,21)22/h7-11,15H,6H2,1-5H3,(H,19,20). The molecule has 0 aliphatic rings. The first-order chi connectivity index (χ1) is 10.9. The van der Waals surface area contributed by atoms with Gasteiger partial charge in [0.15, 0.2) is 21.7 Å². The van der Waals surface area contributed by atoms with Gasteiger partial charge in [0, 0.05) is 11.8 Å². The van der Waals surface area contributed by atoms with E-state index >= 15 is 0 Å². The van der Waals surface area contributed by atoms with Gasteiger partial charge in [-0.2, -0.15) is 0 Å². The van der Waals surface area contributed by atoms with Gasteiger partial charge in [-0.1, -0.05) is 19.1 Å². The molecule has 0 fully saturated rings. The Balaban J connectivity index is 3.26. The Morgan fingerprint density at radius 1 is 1.21 bits per heavy atom. The van der Waals surface area contributed by atoms with Crippen molar-refractivity contribution in [2.45, 2.75) is 51.2 Å². The first-order valence-corrected chi connectivity index (χ1v) is 9.55. The number of carboxylic acid groups (broad SMARTS) is 1. The zero-order chi connectivity index (χ0) is 18.7. The highest BCUT2D eigenvalue weighted by Gasteiger charge is 2.45. The number of sulfone groups is 1. The molecule has 1 aromatic rings. The van der Waals surface area contributed by atoms with Gasteiger partial charge in [0.1, 0.15) is 0 Å². The number of ether oxygens (including phenoxy) is 1. The summed E-state index contributed by atoms with van der Waals surface area (Å²) in [7, 11) is -3.36. The number of aliphatic carboxylic acids is 1. The van der Waals surface area contributed by atoms with Crippen LogP contribution in [0, 0.1) is 5.41 Å². The number of carbonyl (C=O) groups excluding carboxylic acids is 1. The lowest BCUT2D eigenvalue weighted by Gasteiger charge is -2.34. The lowest BCUT2D eigenvalue weighted by Crippen LogP contribution is -2.47. The van der Waals surface area contributed by atoms with Crippen LogP contribution in [-0.4, -0.2) is 43.7 Å². The number of hydrogen-bond donors (Lipinski definition) is 1. The van der Waals surface area contributed by atoms with Crippen molar-refractivity contribution < 1.29 is 27.9 Å². The molecule has 1 aromatic carbocycles. The van der Waals surface area contributed by atoms with Crippen molar-refractivity contribution in [3.8, 4) is 0 Å². The third kappa shape index (κ3) is 4.42. The summed E-state index contributed by atoms with van der Waals surface area (Å²) < 4.78 is 28.5. The monoisotopic (exact) mass is 356 g/mol. The third-order valence-electron chi connectivity index (χ3n) is 4.01. The molecule has 0 aliphatic carbocycles. The second-order valence-corrected chi connectivity index (χ2v) is 8.32. The molecule has 0 aromatic heterocycles. The van der Waals surface area contributed by atoms with Crippen LogP contribution < -0.4 is 0 Å². The molecule has 1 rings (SSSR count). The van der Waals surface area contributed by atoms with Gasteiger partial charge in [-0.25, -0.2) is 13.2 Å². The molecule has 0 bridgehead atoms. The summed E-state index contributed by atoms with van der Waals surface area (Å²) in [5.74, 6) is -1.59. The second kappa shape index (κ2) is 7.44. The van der Waals surface area contributed by atoms with Gasteiger partial charge >= 0.3 is 5.97 Å². The molecule has 1 N–H and O–H groups in total. The van der Waals surface area contributed by atoms with Crippen molar-refractivity contribution in [1.29, 1.82) is 0 Å². The summed E-state index contributed by atoms with van der Waals surface area (Å²) in [6.07, 6.45) is -0.290. The fraction of sp³-hybridized carbons (Fsp3) is 0.529. The molecule has 2 unspecified atom stereocenters. The van der Waals surface area contributed by atoms with E-state index in [1.54, 1.807) is 27.7 Å². The first kappa shape index (κ1) is 20.3. The summed E-state index contributed by atoms with van der Waals surface area (Å²) >= 11 is 0. The van der Waals surface area contributed by atoms with Gasteiger partial charge in [-0.15, -0.1) is 0 Å². The lowest BCUT2D eigenvalue weighted by atomic mass is 9.75. The maximum Gasteiger partial charge on any atom is 0.333 e. The molecule has 0 heterocycles. The molecular weight excluding hydrogens is 332 g/mol. The smallest absolute Gasteiger partial charge is 0.333 e. The van der Waals surface area contributed by atoms with E-state index in [1.807, 2.05) is 0 Å². The first-order valence-electron chi connectivity index (χ1n) is 7.66. The van der Waals surface area contributed by atoms with Crippen LogP contribution in [0.15, 0.2) is 29.2 Å². The number of benzene rings is 1. The third-order valence-corrected chi connectivity index (χ3v) is 5.14. The van der Waals surface area contributed by atoms with Crippen molar-refractivity contribution >= 4 is 21.6 Å². The van der Waals surface area contributed by atoms with Crippen LogP contribution in [0.3, 0.4) is 0 Å². The average molecular weight is 356 g/mol. The van der Waals surface area contributed by atoms with Gasteiger partial charge in [0.05, 0.1) is 16.4 Å². The molecule has 6 nitrogen and oxygen atoms in total. The zero-order valence-electron chi connectivity index (χ0n) is 14.6. The predicted octanol–water partition coefficient (Wildman–Crippen LogP) is 2.57. The van der Waals surface area contributed by atoms with Gasteiger partial charge in [-0.3, -0.25) is 4.79 Å². The van der Waals surface area contributed by atoms with Gasteiger partial charge in [0.25, 0.3) is 0 Å². The lowest BCUT2D eigenvalue weighted by molar-refractivity contribution is -0.161. The minimum absolute atomic E-state index is 0.102. The van der Waals surface area contributed by atoms with E-state index < -0.39 is 33.1 Å². The fourth-order valence-corrected chi connectivity index (χ4v) is 3.03. The number of carboxylic acids is 1. The highest BCUT2D eigenvalue weighted by atomic mass is 32.2. The molecule has 0 amide bonds. The van der Waals surface area contributed by atoms with Crippen LogP contribution in [0.1, 0.15) is 44.5 Å². The molecular formula is C17H24O6S. The van der Waals surface area contributed by atoms with Crippen LogP contribution in [0.2, 0.25) is 0 Å². The normalized spacial score (nSPS) is 15.8. The van der Waals surface area contributed by atoms with E-state index in [1.165, 1.54) is 24.3 Å². The van der Waals surface area contributed by atoms with Crippen LogP contribution in [-0.2, 0) is 19.4 Å². The van der Waals surface area contributed by atoms with Crippen LogP contribution in [0.25, 0.3) is 0 Å². The minimum atomic E-state index is -3.36. The molecule has 134 valence electrons. The topological polar surface area (TPSA) is 97.7 Å². The maximum absolute atomic E-state index is 12.9. The largest absolute Gasteiger partial charge is 0.479 e. The Morgan fingerprint density at radius 3 is 2.04 bits per heavy atom. The Morgan fingerprint density at radius 2 is 1.71 bits per heavy atom. The Bertz CT molecular complexity index is 705. The van der Waals surface area contributed by atoms with Crippen molar-refractivity contribution in [3.05, 3.63) is 29.8 Å². The number of carbonyl (C=O) groups is 2. The molecule has 7 heteroatoms. The fourth-order valence-electron chi connectivity index (χ4n) is 2.40. The van der Waals surface area contributed by atoms with Gasteiger partial charge < -0.3 is 9.84 Å². The van der Waals surface area contributed by atoms with E-state index in [0.29, 0.717) is 0 Å². The molecule has 0 spiro atoms. The highest BCUT2D eigenvalue weighted by molar-refractivity contribution is 7.90. The number of ketones is 1. The number of rotatable bonds is 8. The summed E-state index contributed by atoms with van der Waals surface area (Å²) in [6, 6.07) is 5.50. The quantitative estimate of drug-likeness (QED) is 0.719. The van der Waals surface area contributed by atoms with E-state index in [2.05, 4.69) is 0 Å². The van der Waals surface area contributed by atoms with Crippen LogP contribution in [0.5, 0.6) is 0 Å². The number of hydrogen-bond acceptors (Lipinski definition) is 5. The van der Waals surface area contributed by atoms with Crippen molar-refractivity contribution in [2.24, 2.45) is 5.41 Å². The van der Waals surface area contributed by atoms with Crippen LogP contribution in [0.4, 0.5) is 0 Å². The summed E-state index contributed by atoms with van der Waals surface area (Å²) in [5.41, 5.74) is -1.01. The predicted molar refractivity (Wildman–Crippen MR) is 89.9 cm³/mol.